The van der Waals surface area contributed by atoms with Crippen molar-refractivity contribution >= 4 is 11.4 Å². The number of rotatable bonds is 2. The maximum atomic E-state index is 11.7. The quantitative estimate of drug-likeness (QED) is 0.733. The second-order valence-electron chi connectivity index (χ2n) is 4.89. The largest absolute Gasteiger partial charge is 0.295 e. The van der Waals surface area contributed by atoms with Gasteiger partial charge in [0.1, 0.15) is 0 Å². The summed E-state index contributed by atoms with van der Waals surface area (Å²) in [6.07, 6.45) is 3.77. The van der Waals surface area contributed by atoms with Crippen molar-refractivity contribution in [3.05, 3.63) is 41.5 Å². The lowest BCUT2D eigenvalue weighted by Crippen LogP contribution is -2.29. The molecule has 1 heteroatoms. The number of benzene rings is 1. The first-order chi connectivity index (χ1) is 7.79. The molecule has 0 heterocycles. The molecule has 1 fully saturated rings. The molecule has 0 radical (unpaired) electrons. The van der Waals surface area contributed by atoms with Crippen molar-refractivity contribution in [2.45, 2.75) is 26.2 Å². The molecule has 0 spiro atoms. The summed E-state index contributed by atoms with van der Waals surface area (Å²) in [5, 5.41) is 0. The number of carbonyl (C=O) groups is 1. The molecule has 0 bridgehead atoms. The van der Waals surface area contributed by atoms with Crippen LogP contribution in [0.1, 0.15) is 31.7 Å². The Balaban J connectivity index is 2.07. The monoisotopic (exact) mass is 212 g/mol. The van der Waals surface area contributed by atoms with Crippen LogP contribution >= 0.6 is 0 Å². The molecule has 0 aliphatic heterocycles. The first-order valence-electron chi connectivity index (χ1n) is 6.09. The highest BCUT2D eigenvalue weighted by Gasteiger charge is 2.45. The zero-order valence-corrected chi connectivity index (χ0v) is 9.57. The third-order valence-electron chi connectivity index (χ3n) is 4.01. The van der Waals surface area contributed by atoms with Crippen LogP contribution in [0.15, 0.2) is 35.9 Å². The molecule has 2 atom stereocenters. The lowest BCUT2D eigenvalue weighted by molar-refractivity contribution is -0.114. The van der Waals surface area contributed by atoms with Crippen molar-refractivity contribution in [1.82, 2.24) is 0 Å². The van der Waals surface area contributed by atoms with Gasteiger partial charge < -0.3 is 0 Å². The molecule has 82 valence electrons. The van der Waals surface area contributed by atoms with Crippen LogP contribution in [-0.2, 0) is 4.79 Å². The summed E-state index contributed by atoms with van der Waals surface area (Å²) in [5.74, 6) is 1.52. The Bertz CT molecular complexity index is 456. The van der Waals surface area contributed by atoms with E-state index in [1.165, 1.54) is 30.4 Å². The van der Waals surface area contributed by atoms with Gasteiger partial charge in [-0.1, -0.05) is 36.8 Å². The number of hydrogen-bond acceptors (Lipinski definition) is 1. The summed E-state index contributed by atoms with van der Waals surface area (Å²) in [6.45, 7) is 1.72. The van der Waals surface area contributed by atoms with Gasteiger partial charge in [0, 0.05) is 5.57 Å². The minimum absolute atomic E-state index is 0.280. The Morgan fingerprint density at radius 1 is 1.12 bits per heavy atom. The normalized spacial score (nSPS) is 27.6. The highest BCUT2D eigenvalue weighted by molar-refractivity contribution is 6.05. The van der Waals surface area contributed by atoms with Crippen LogP contribution in [0.5, 0.6) is 0 Å². The molecule has 16 heavy (non-hydrogen) atoms. The Labute approximate surface area is 96.2 Å². The first kappa shape index (κ1) is 9.83. The molecule has 1 aromatic rings. The van der Waals surface area contributed by atoms with Gasteiger partial charge in [-0.05, 0) is 42.7 Å². The van der Waals surface area contributed by atoms with Crippen molar-refractivity contribution in [3.8, 4) is 0 Å². The fourth-order valence-corrected chi connectivity index (χ4v) is 3.39. The molecular weight excluding hydrogens is 196 g/mol. The number of fused-ring (bicyclic) bond motifs is 1. The van der Waals surface area contributed by atoms with Crippen LogP contribution in [0.2, 0.25) is 0 Å². The Kier molecular flexibility index (Phi) is 2.20. The van der Waals surface area contributed by atoms with Crippen LogP contribution in [-0.4, -0.2) is 5.78 Å². The number of ketones is 1. The maximum Gasteiger partial charge on any atom is 0.156 e. The van der Waals surface area contributed by atoms with Crippen LogP contribution in [0, 0.1) is 11.8 Å². The molecule has 0 N–H and O–H groups in total. The van der Waals surface area contributed by atoms with Crippen LogP contribution in [0.25, 0.3) is 5.57 Å². The molecule has 0 saturated heterocycles. The summed E-state index contributed by atoms with van der Waals surface area (Å²) in [6, 6.07) is 10.4. The predicted molar refractivity (Wildman–Crippen MR) is 64.9 cm³/mol. The van der Waals surface area contributed by atoms with Gasteiger partial charge in [0.05, 0.1) is 0 Å². The van der Waals surface area contributed by atoms with Gasteiger partial charge in [0.15, 0.2) is 5.78 Å². The van der Waals surface area contributed by atoms with E-state index in [2.05, 4.69) is 24.3 Å². The molecule has 1 aromatic carbocycles. The predicted octanol–water partition coefficient (Wildman–Crippen LogP) is 3.46. The van der Waals surface area contributed by atoms with E-state index < -0.39 is 0 Å². The molecule has 1 saturated carbocycles. The zero-order chi connectivity index (χ0) is 11.1. The molecular formula is C15H16O. The summed E-state index contributed by atoms with van der Waals surface area (Å²) in [7, 11) is 0. The maximum absolute atomic E-state index is 11.7. The van der Waals surface area contributed by atoms with Crippen molar-refractivity contribution in [2.75, 3.05) is 0 Å². The lowest BCUT2D eigenvalue weighted by Gasteiger charge is -2.37. The fourth-order valence-electron chi connectivity index (χ4n) is 3.39. The van der Waals surface area contributed by atoms with E-state index in [-0.39, 0.29) is 5.78 Å². The van der Waals surface area contributed by atoms with Gasteiger partial charge in [0.25, 0.3) is 0 Å². The van der Waals surface area contributed by atoms with Crippen molar-refractivity contribution in [2.24, 2.45) is 11.8 Å². The number of hydrogen-bond donors (Lipinski definition) is 0. The van der Waals surface area contributed by atoms with Gasteiger partial charge in [-0.2, -0.15) is 0 Å². The minimum atomic E-state index is 0.280. The summed E-state index contributed by atoms with van der Waals surface area (Å²) < 4.78 is 0. The number of allylic oxidation sites excluding steroid dienone is 2. The average Bonchev–Trinajstić information content (AvgIpc) is 2.63. The molecule has 2 aliphatic rings. The van der Waals surface area contributed by atoms with E-state index in [0.717, 1.165) is 5.57 Å². The highest BCUT2D eigenvalue weighted by atomic mass is 16.1. The topological polar surface area (TPSA) is 17.1 Å². The van der Waals surface area contributed by atoms with E-state index in [1.807, 2.05) is 6.07 Å². The summed E-state index contributed by atoms with van der Waals surface area (Å²) in [5.41, 5.74) is 3.72. The number of carbonyl (C=O) groups excluding carboxylic acids is 1. The van der Waals surface area contributed by atoms with Crippen LogP contribution in [0.4, 0.5) is 0 Å². The fraction of sp³-hybridized carbons (Fsp3) is 0.400. The van der Waals surface area contributed by atoms with E-state index >= 15 is 0 Å². The highest BCUT2D eigenvalue weighted by Crippen LogP contribution is 2.55. The molecule has 0 unspecified atom stereocenters. The second-order valence-corrected chi connectivity index (χ2v) is 4.89. The van der Waals surface area contributed by atoms with Crippen LogP contribution in [0.3, 0.4) is 0 Å². The SMILES string of the molecule is CC(=O)C1=C(c2ccccc2)[C@@H]2CCC[C@H]12. The lowest BCUT2D eigenvalue weighted by atomic mass is 9.66. The summed E-state index contributed by atoms with van der Waals surface area (Å²) >= 11 is 0. The van der Waals surface area contributed by atoms with E-state index in [1.54, 1.807) is 6.92 Å². The van der Waals surface area contributed by atoms with Crippen molar-refractivity contribution in [3.63, 3.8) is 0 Å². The van der Waals surface area contributed by atoms with Crippen molar-refractivity contribution < 1.29 is 4.79 Å². The molecule has 1 nitrogen and oxygen atoms in total. The molecule has 3 rings (SSSR count). The molecule has 0 aromatic heterocycles. The van der Waals surface area contributed by atoms with Crippen LogP contribution < -0.4 is 0 Å². The van der Waals surface area contributed by atoms with E-state index in [4.69, 9.17) is 0 Å². The Morgan fingerprint density at radius 3 is 2.50 bits per heavy atom. The smallest absolute Gasteiger partial charge is 0.156 e. The summed E-state index contributed by atoms with van der Waals surface area (Å²) in [4.78, 5) is 11.7. The third kappa shape index (κ3) is 1.27. The van der Waals surface area contributed by atoms with Gasteiger partial charge in [-0.3, -0.25) is 4.79 Å². The van der Waals surface area contributed by atoms with Crippen molar-refractivity contribution in [1.29, 1.82) is 0 Å². The Morgan fingerprint density at radius 2 is 1.81 bits per heavy atom. The van der Waals surface area contributed by atoms with Gasteiger partial charge in [-0.25, -0.2) is 0 Å². The third-order valence-corrected chi connectivity index (χ3v) is 4.01. The second kappa shape index (κ2) is 3.58. The first-order valence-corrected chi connectivity index (χ1v) is 6.09. The number of Topliss-reactive ketones (excluding diaryl/α,β-unsaturated/α-hetero) is 1. The van der Waals surface area contributed by atoms with Gasteiger partial charge >= 0.3 is 0 Å². The average molecular weight is 212 g/mol. The Hall–Kier alpha value is -1.37. The standard InChI is InChI=1S/C15H16O/c1-10(16)14-12-8-5-9-13(12)15(14)11-6-3-2-4-7-11/h2-4,6-7,12-13H,5,8-9H2,1H3/t12-,13+/m0/s1. The molecule has 2 aliphatic carbocycles. The minimum Gasteiger partial charge on any atom is -0.295 e. The van der Waals surface area contributed by atoms with E-state index in [0.29, 0.717) is 11.8 Å². The molecule has 0 amide bonds. The zero-order valence-electron chi connectivity index (χ0n) is 9.57. The van der Waals surface area contributed by atoms with E-state index in [9.17, 15) is 4.79 Å². The van der Waals surface area contributed by atoms with Gasteiger partial charge in [-0.15, -0.1) is 0 Å². The van der Waals surface area contributed by atoms with Gasteiger partial charge in [0.2, 0.25) is 0 Å².